The summed E-state index contributed by atoms with van der Waals surface area (Å²) in [6, 6.07) is -0.199. The van der Waals surface area contributed by atoms with Gasteiger partial charge in [0.25, 0.3) is 5.91 Å². The Morgan fingerprint density at radius 2 is 2.11 bits per heavy atom. The molecule has 0 saturated heterocycles. The maximum Gasteiger partial charge on any atom is 0.391 e. The van der Waals surface area contributed by atoms with Crippen LogP contribution in [0.25, 0.3) is 0 Å². The number of carbonyl (C=O) groups excluding carboxylic acids is 1. The van der Waals surface area contributed by atoms with Crippen LogP contribution < -0.4 is 10.6 Å². The summed E-state index contributed by atoms with van der Waals surface area (Å²) < 4.78 is 49.4. The number of nitrogens with zero attached hydrogens (tertiary/aromatic N) is 1. The van der Waals surface area contributed by atoms with Crippen LogP contribution in [0, 0.1) is 5.82 Å². The van der Waals surface area contributed by atoms with Gasteiger partial charge in [-0.15, -0.1) is 0 Å². The van der Waals surface area contributed by atoms with Gasteiger partial charge in [0.1, 0.15) is 11.6 Å². The molecule has 0 aliphatic rings. The third-order valence-electron chi connectivity index (χ3n) is 2.25. The molecule has 1 heterocycles. The van der Waals surface area contributed by atoms with Crippen molar-refractivity contribution >= 4 is 11.7 Å². The molecule has 1 aromatic heterocycles. The molecular weight excluding hydrogens is 266 g/mol. The quantitative estimate of drug-likeness (QED) is 0.832. The van der Waals surface area contributed by atoms with Crippen LogP contribution in [0.1, 0.15) is 23.7 Å². The van der Waals surface area contributed by atoms with E-state index in [-0.39, 0.29) is 11.4 Å². The number of pyridine rings is 1. The molecule has 1 unspecified atom stereocenters. The number of hydrogen-bond donors (Lipinski definition) is 2. The minimum Gasteiger partial charge on any atom is -0.372 e. The van der Waals surface area contributed by atoms with E-state index in [4.69, 9.17) is 0 Å². The lowest BCUT2D eigenvalue weighted by atomic mass is 10.2. The second-order valence-corrected chi connectivity index (χ2v) is 3.99. The van der Waals surface area contributed by atoms with Gasteiger partial charge in [-0.2, -0.15) is 13.2 Å². The Labute approximate surface area is 107 Å². The molecule has 0 fully saturated rings. The van der Waals surface area contributed by atoms with E-state index in [0.717, 1.165) is 12.3 Å². The topological polar surface area (TPSA) is 54.0 Å². The lowest BCUT2D eigenvalue weighted by Crippen LogP contribution is -2.36. The van der Waals surface area contributed by atoms with Gasteiger partial charge in [0.2, 0.25) is 0 Å². The van der Waals surface area contributed by atoms with Crippen molar-refractivity contribution in [3.05, 3.63) is 23.6 Å². The minimum atomic E-state index is -4.38. The first-order chi connectivity index (χ1) is 8.73. The summed E-state index contributed by atoms with van der Waals surface area (Å²) in [5, 5.41) is 4.71. The number of amides is 1. The lowest BCUT2D eigenvalue weighted by Gasteiger charge is -2.16. The number of aromatic nitrogens is 1. The normalized spacial score (nSPS) is 12.9. The van der Waals surface area contributed by atoms with Gasteiger partial charge in [-0.05, 0) is 13.0 Å². The number of alkyl halides is 3. The van der Waals surface area contributed by atoms with Crippen molar-refractivity contribution < 1.29 is 22.4 Å². The predicted molar refractivity (Wildman–Crippen MR) is 61.3 cm³/mol. The van der Waals surface area contributed by atoms with E-state index in [1.807, 2.05) is 0 Å². The fourth-order valence-electron chi connectivity index (χ4n) is 1.51. The molecule has 4 nitrogen and oxygen atoms in total. The molecule has 0 saturated carbocycles. The number of rotatable bonds is 4. The van der Waals surface area contributed by atoms with Gasteiger partial charge >= 0.3 is 6.18 Å². The van der Waals surface area contributed by atoms with Crippen LogP contribution in [0.4, 0.5) is 23.4 Å². The maximum atomic E-state index is 13.0. The molecular formula is C11H13F4N3O. The molecule has 106 valence electrons. The average molecular weight is 279 g/mol. The van der Waals surface area contributed by atoms with Crippen molar-refractivity contribution in [3.8, 4) is 0 Å². The number of hydrogen-bond acceptors (Lipinski definition) is 3. The van der Waals surface area contributed by atoms with E-state index in [1.165, 1.54) is 14.0 Å². The van der Waals surface area contributed by atoms with Crippen molar-refractivity contribution in [3.63, 3.8) is 0 Å². The van der Waals surface area contributed by atoms with Gasteiger partial charge < -0.3 is 10.6 Å². The Morgan fingerprint density at radius 3 is 2.63 bits per heavy atom. The highest BCUT2D eigenvalue weighted by Crippen LogP contribution is 2.22. The van der Waals surface area contributed by atoms with Gasteiger partial charge in [-0.1, -0.05) is 0 Å². The Bertz CT molecular complexity index is 462. The van der Waals surface area contributed by atoms with Gasteiger partial charge in [0.05, 0.1) is 18.2 Å². The van der Waals surface area contributed by atoms with Crippen LogP contribution in [0.5, 0.6) is 0 Å². The second kappa shape index (κ2) is 5.85. The van der Waals surface area contributed by atoms with E-state index in [2.05, 4.69) is 15.6 Å². The van der Waals surface area contributed by atoms with Crippen LogP contribution >= 0.6 is 0 Å². The molecule has 0 aliphatic heterocycles. The number of halogens is 4. The van der Waals surface area contributed by atoms with Crippen LogP contribution in [-0.2, 0) is 0 Å². The maximum absolute atomic E-state index is 13.0. The van der Waals surface area contributed by atoms with Crippen LogP contribution in [0.2, 0.25) is 0 Å². The molecule has 0 aromatic carbocycles. The highest BCUT2D eigenvalue weighted by atomic mass is 19.4. The van der Waals surface area contributed by atoms with Gasteiger partial charge in [0, 0.05) is 13.1 Å². The third kappa shape index (κ3) is 4.72. The smallest absolute Gasteiger partial charge is 0.372 e. The molecule has 19 heavy (non-hydrogen) atoms. The zero-order valence-corrected chi connectivity index (χ0v) is 10.3. The molecule has 0 radical (unpaired) electrons. The first-order valence-electron chi connectivity index (χ1n) is 5.44. The van der Waals surface area contributed by atoms with E-state index in [1.54, 1.807) is 0 Å². The van der Waals surface area contributed by atoms with Crippen molar-refractivity contribution in [2.45, 2.75) is 25.6 Å². The van der Waals surface area contributed by atoms with Crippen LogP contribution in [0.15, 0.2) is 12.3 Å². The second-order valence-electron chi connectivity index (χ2n) is 3.99. The van der Waals surface area contributed by atoms with E-state index in [9.17, 15) is 22.4 Å². The summed E-state index contributed by atoms with van der Waals surface area (Å²) in [6.07, 6.45) is -4.63. The van der Waals surface area contributed by atoms with Crippen LogP contribution in [-0.4, -0.2) is 30.2 Å². The molecule has 1 atom stereocenters. The zero-order valence-electron chi connectivity index (χ0n) is 10.3. The largest absolute Gasteiger partial charge is 0.391 e. The summed E-state index contributed by atoms with van der Waals surface area (Å²) in [6.45, 7) is 1.22. The number of carbonyl (C=O) groups is 1. The molecule has 2 N–H and O–H groups in total. The van der Waals surface area contributed by atoms with E-state index >= 15 is 0 Å². The van der Waals surface area contributed by atoms with Gasteiger partial charge in [-0.3, -0.25) is 4.79 Å². The number of anilines is 1. The van der Waals surface area contributed by atoms with E-state index in [0.29, 0.717) is 0 Å². The molecule has 1 amide bonds. The molecule has 8 heteroatoms. The SMILES string of the molecule is CNc1ncc(F)cc1C(=O)NC(C)CC(F)(F)F. The lowest BCUT2D eigenvalue weighted by molar-refractivity contribution is -0.138. The minimum absolute atomic E-state index is 0.0955. The van der Waals surface area contributed by atoms with Crippen molar-refractivity contribution in [2.75, 3.05) is 12.4 Å². The summed E-state index contributed by atoms with van der Waals surface area (Å²) in [5.74, 6) is -1.46. The highest BCUT2D eigenvalue weighted by Gasteiger charge is 2.31. The fraction of sp³-hybridized carbons (Fsp3) is 0.455. The standard InChI is InChI=1S/C11H13F4N3O/c1-6(4-11(13,14)15)18-10(19)8-3-7(12)5-17-9(8)16-2/h3,5-6H,4H2,1-2H3,(H,16,17)(H,18,19). The Morgan fingerprint density at radius 1 is 1.47 bits per heavy atom. The molecule has 1 aromatic rings. The molecule has 1 rings (SSSR count). The van der Waals surface area contributed by atoms with Crippen molar-refractivity contribution in [1.29, 1.82) is 0 Å². The van der Waals surface area contributed by atoms with Gasteiger partial charge in [-0.25, -0.2) is 9.37 Å². The highest BCUT2D eigenvalue weighted by molar-refractivity contribution is 5.98. The number of nitrogens with one attached hydrogen (secondary N) is 2. The van der Waals surface area contributed by atoms with E-state index < -0.39 is 30.4 Å². The first kappa shape index (κ1) is 15.2. The summed E-state index contributed by atoms with van der Waals surface area (Å²) in [4.78, 5) is 15.4. The fourth-order valence-corrected chi connectivity index (χ4v) is 1.51. The monoisotopic (exact) mass is 279 g/mol. The van der Waals surface area contributed by atoms with Crippen LogP contribution in [0.3, 0.4) is 0 Å². The van der Waals surface area contributed by atoms with Crippen molar-refractivity contribution in [1.82, 2.24) is 10.3 Å². The molecule has 0 aliphatic carbocycles. The first-order valence-corrected chi connectivity index (χ1v) is 5.44. The Hall–Kier alpha value is -1.86. The average Bonchev–Trinajstić information content (AvgIpc) is 2.26. The third-order valence-corrected chi connectivity index (χ3v) is 2.25. The Kier molecular flexibility index (Phi) is 4.68. The summed E-state index contributed by atoms with van der Waals surface area (Å²) in [5.41, 5.74) is -0.142. The van der Waals surface area contributed by atoms with Gasteiger partial charge in [0.15, 0.2) is 0 Å². The predicted octanol–water partition coefficient (Wildman–Crippen LogP) is 2.33. The zero-order chi connectivity index (χ0) is 14.6. The summed E-state index contributed by atoms with van der Waals surface area (Å²) in [7, 11) is 1.47. The van der Waals surface area contributed by atoms with Crippen molar-refractivity contribution in [2.24, 2.45) is 0 Å². The Balaban J connectivity index is 2.81. The molecule has 0 spiro atoms. The molecule has 0 bridgehead atoms. The summed E-state index contributed by atoms with van der Waals surface area (Å²) >= 11 is 0.